The summed E-state index contributed by atoms with van der Waals surface area (Å²) in [4.78, 5) is 13.9. The number of rotatable bonds is 5. The number of nitrogens with one attached hydrogen (secondary N) is 1. The van der Waals surface area contributed by atoms with Gasteiger partial charge in [0, 0.05) is 31.4 Å². The summed E-state index contributed by atoms with van der Waals surface area (Å²) in [6.07, 6.45) is 9.65. The molecule has 1 unspecified atom stereocenters. The molecule has 6 nitrogen and oxygen atoms in total. The van der Waals surface area contributed by atoms with Crippen molar-refractivity contribution in [1.29, 1.82) is 0 Å². The molecule has 0 amide bonds. The van der Waals surface area contributed by atoms with Gasteiger partial charge in [0.05, 0.1) is 18.2 Å². The van der Waals surface area contributed by atoms with E-state index in [1.54, 1.807) is 0 Å². The number of imidazole rings is 1. The normalized spacial score (nSPS) is 20.8. The van der Waals surface area contributed by atoms with Crippen LogP contribution < -0.4 is 5.32 Å². The van der Waals surface area contributed by atoms with Gasteiger partial charge in [-0.05, 0) is 50.1 Å². The van der Waals surface area contributed by atoms with Crippen LogP contribution in [0.3, 0.4) is 0 Å². The Balaban J connectivity index is 1.35. The maximum Gasteiger partial charge on any atom is 0.197 e. The minimum Gasteiger partial charge on any atom is -0.381 e. The van der Waals surface area contributed by atoms with Gasteiger partial charge in [-0.2, -0.15) is 0 Å². The van der Waals surface area contributed by atoms with Gasteiger partial charge in [0.2, 0.25) is 0 Å². The molecular formula is C22H27N5O. The molecule has 0 radical (unpaired) electrons. The third-order valence-electron chi connectivity index (χ3n) is 6.12. The van der Waals surface area contributed by atoms with Crippen molar-refractivity contribution in [1.82, 2.24) is 24.8 Å². The number of aryl methyl sites for hydroxylation is 1. The molecule has 0 spiro atoms. The van der Waals surface area contributed by atoms with Crippen LogP contribution in [-0.2, 0) is 11.3 Å². The van der Waals surface area contributed by atoms with E-state index in [1.165, 1.54) is 18.4 Å². The molecule has 2 fully saturated rings. The van der Waals surface area contributed by atoms with Crippen molar-refractivity contribution in [2.75, 3.05) is 19.8 Å². The number of fused-ring (bicyclic) bond motifs is 1. The lowest BCUT2D eigenvalue weighted by atomic mass is 9.97. The number of ether oxygens (including phenoxy) is 1. The summed E-state index contributed by atoms with van der Waals surface area (Å²) < 4.78 is 7.62. The van der Waals surface area contributed by atoms with Crippen LogP contribution in [0.25, 0.3) is 22.6 Å². The molecule has 1 atom stereocenters. The molecule has 0 aliphatic carbocycles. The minimum atomic E-state index is 0.495. The highest BCUT2D eigenvalue weighted by molar-refractivity contribution is 5.70. The van der Waals surface area contributed by atoms with Crippen LogP contribution in [0, 0.1) is 5.92 Å². The zero-order chi connectivity index (χ0) is 18.8. The largest absolute Gasteiger partial charge is 0.381 e. The van der Waals surface area contributed by atoms with E-state index < -0.39 is 0 Å². The van der Waals surface area contributed by atoms with Crippen LogP contribution in [0.15, 0.2) is 36.8 Å². The zero-order valence-corrected chi connectivity index (χ0v) is 16.2. The number of hydrogen-bond donors (Lipinski definition) is 1. The maximum absolute atomic E-state index is 5.47. The smallest absolute Gasteiger partial charge is 0.197 e. The molecule has 4 heterocycles. The fraction of sp³-hybridized carbons (Fsp3) is 0.500. The molecule has 6 heteroatoms. The van der Waals surface area contributed by atoms with Crippen LogP contribution in [-0.4, -0.2) is 39.3 Å². The Kier molecular flexibility index (Phi) is 5.06. The van der Waals surface area contributed by atoms with E-state index in [9.17, 15) is 0 Å². The fourth-order valence-corrected chi connectivity index (χ4v) is 4.35. The summed E-state index contributed by atoms with van der Waals surface area (Å²) in [6.45, 7) is 3.84. The molecule has 2 aliphatic heterocycles. The van der Waals surface area contributed by atoms with Crippen LogP contribution in [0.2, 0.25) is 0 Å². The van der Waals surface area contributed by atoms with Crippen molar-refractivity contribution in [3.05, 3.63) is 42.4 Å². The van der Waals surface area contributed by atoms with Crippen molar-refractivity contribution in [2.24, 2.45) is 5.92 Å². The summed E-state index contributed by atoms with van der Waals surface area (Å²) in [5, 5.41) is 3.55. The van der Waals surface area contributed by atoms with E-state index in [4.69, 9.17) is 9.72 Å². The fourth-order valence-electron chi connectivity index (χ4n) is 4.35. The highest BCUT2D eigenvalue weighted by atomic mass is 16.5. The van der Waals surface area contributed by atoms with Crippen LogP contribution in [0.1, 0.15) is 43.7 Å². The first-order valence-corrected chi connectivity index (χ1v) is 10.5. The molecule has 28 heavy (non-hydrogen) atoms. The highest BCUT2D eigenvalue weighted by Gasteiger charge is 2.17. The van der Waals surface area contributed by atoms with E-state index in [-0.39, 0.29) is 0 Å². The first-order chi connectivity index (χ1) is 13.9. The minimum absolute atomic E-state index is 0.495. The Morgan fingerprint density at radius 1 is 1.07 bits per heavy atom. The van der Waals surface area contributed by atoms with Gasteiger partial charge in [-0.1, -0.05) is 24.3 Å². The number of aromatic nitrogens is 4. The molecular weight excluding hydrogens is 350 g/mol. The van der Waals surface area contributed by atoms with Gasteiger partial charge >= 0.3 is 0 Å². The second-order valence-corrected chi connectivity index (χ2v) is 7.96. The third-order valence-corrected chi connectivity index (χ3v) is 6.12. The third kappa shape index (κ3) is 3.66. The van der Waals surface area contributed by atoms with Gasteiger partial charge in [-0.3, -0.25) is 0 Å². The molecule has 3 aromatic rings. The lowest BCUT2D eigenvalue weighted by molar-refractivity contribution is 0.0627. The second-order valence-electron chi connectivity index (χ2n) is 7.96. The molecule has 2 aromatic heterocycles. The first kappa shape index (κ1) is 17.8. The molecule has 0 bridgehead atoms. The van der Waals surface area contributed by atoms with Gasteiger partial charge in [-0.25, -0.2) is 15.0 Å². The summed E-state index contributed by atoms with van der Waals surface area (Å²) in [5.74, 6) is 0.735. The van der Waals surface area contributed by atoms with Gasteiger partial charge in [-0.15, -0.1) is 0 Å². The summed E-state index contributed by atoms with van der Waals surface area (Å²) in [6, 6.07) is 9.25. The molecule has 2 saturated heterocycles. The Hall–Kier alpha value is -2.31. The van der Waals surface area contributed by atoms with Crippen molar-refractivity contribution < 1.29 is 4.74 Å². The Labute approximate surface area is 165 Å². The average Bonchev–Trinajstić information content (AvgIpc) is 3.43. The first-order valence-electron chi connectivity index (χ1n) is 10.5. The van der Waals surface area contributed by atoms with Crippen molar-refractivity contribution in [3.63, 3.8) is 0 Å². The Morgan fingerprint density at radius 3 is 2.71 bits per heavy atom. The molecule has 2 aliphatic rings. The monoisotopic (exact) mass is 377 g/mol. The summed E-state index contributed by atoms with van der Waals surface area (Å²) in [7, 11) is 0. The Bertz CT molecular complexity index is 924. The van der Waals surface area contributed by atoms with Crippen molar-refractivity contribution in [3.8, 4) is 11.3 Å². The van der Waals surface area contributed by atoms with Gasteiger partial charge in [0.1, 0.15) is 0 Å². The zero-order valence-electron chi connectivity index (χ0n) is 16.2. The molecule has 1 N–H and O–H groups in total. The van der Waals surface area contributed by atoms with Gasteiger partial charge < -0.3 is 14.6 Å². The van der Waals surface area contributed by atoms with Crippen molar-refractivity contribution in [2.45, 2.75) is 44.7 Å². The second kappa shape index (κ2) is 7.97. The van der Waals surface area contributed by atoms with E-state index >= 15 is 0 Å². The van der Waals surface area contributed by atoms with Gasteiger partial charge in [0.25, 0.3) is 0 Å². The predicted octanol–water partition coefficient (Wildman–Crippen LogP) is 3.73. The number of nitrogens with zero attached hydrogens (tertiary/aromatic N) is 4. The standard InChI is InChI=1S/C22H27N5O/c1-2-19(23-10-1)17-3-5-18(6-4-17)20-14-24-21-22(26-20)27(15-25-21)11-7-16-8-12-28-13-9-16/h3-6,14-16,19,23H,1-2,7-13H2. The molecule has 146 valence electrons. The maximum atomic E-state index is 5.47. The topological polar surface area (TPSA) is 64.9 Å². The van der Waals surface area contributed by atoms with E-state index in [0.717, 1.165) is 74.0 Å². The van der Waals surface area contributed by atoms with E-state index in [0.29, 0.717) is 6.04 Å². The van der Waals surface area contributed by atoms with Crippen LogP contribution in [0.4, 0.5) is 0 Å². The SMILES string of the molecule is c1cc(C2CCCN2)ccc1-c1cnc2ncn(CCC3CCOCC3)c2n1. The molecule has 1 aromatic carbocycles. The van der Waals surface area contributed by atoms with Crippen LogP contribution in [0.5, 0.6) is 0 Å². The lowest BCUT2D eigenvalue weighted by Crippen LogP contribution is -2.17. The molecule has 0 saturated carbocycles. The lowest BCUT2D eigenvalue weighted by Gasteiger charge is -2.21. The van der Waals surface area contributed by atoms with E-state index in [2.05, 4.69) is 44.1 Å². The summed E-state index contributed by atoms with van der Waals surface area (Å²) in [5.41, 5.74) is 4.98. The highest BCUT2D eigenvalue weighted by Crippen LogP contribution is 2.26. The van der Waals surface area contributed by atoms with Crippen LogP contribution >= 0.6 is 0 Å². The molecule has 5 rings (SSSR count). The number of hydrogen-bond acceptors (Lipinski definition) is 5. The Morgan fingerprint density at radius 2 is 1.93 bits per heavy atom. The van der Waals surface area contributed by atoms with E-state index in [1.807, 2.05) is 12.5 Å². The predicted molar refractivity (Wildman–Crippen MR) is 109 cm³/mol. The number of benzene rings is 1. The quantitative estimate of drug-likeness (QED) is 0.734. The van der Waals surface area contributed by atoms with Crippen molar-refractivity contribution >= 4 is 11.3 Å². The summed E-state index contributed by atoms with van der Waals surface area (Å²) >= 11 is 0. The average molecular weight is 377 g/mol. The van der Waals surface area contributed by atoms with Gasteiger partial charge in [0.15, 0.2) is 11.3 Å².